The first-order chi connectivity index (χ1) is 9.67. The molecular weight excluding hydrogens is 278 g/mol. The summed E-state index contributed by atoms with van der Waals surface area (Å²) in [6.07, 6.45) is 3.09. The highest BCUT2D eigenvalue weighted by molar-refractivity contribution is 7.99. The van der Waals surface area contributed by atoms with Crippen LogP contribution in [0.15, 0.2) is 5.16 Å². The van der Waals surface area contributed by atoms with Crippen LogP contribution in [0.3, 0.4) is 0 Å². The van der Waals surface area contributed by atoms with Crippen LogP contribution in [-0.2, 0) is 16.1 Å². The standard InChI is InChI=1S/C13H21N3O3S/c1-3-6-16-12(9-5-7-19-10(9)4-2)14-15-13(16)20-8-11(17)18/h9-10H,3-8H2,1-2H3,(H,17,18). The van der Waals surface area contributed by atoms with E-state index in [1.165, 1.54) is 11.8 Å². The number of nitrogens with zero attached hydrogens (tertiary/aromatic N) is 3. The number of ether oxygens (including phenoxy) is 1. The fraction of sp³-hybridized carbons (Fsp3) is 0.769. The minimum Gasteiger partial charge on any atom is -0.481 e. The van der Waals surface area contributed by atoms with E-state index in [0.717, 1.165) is 38.2 Å². The van der Waals surface area contributed by atoms with Gasteiger partial charge in [0.25, 0.3) is 0 Å². The van der Waals surface area contributed by atoms with Crippen molar-refractivity contribution < 1.29 is 14.6 Å². The molecule has 20 heavy (non-hydrogen) atoms. The van der Waals surface area contributed by atoms with E-state index < -0.39 is 5.97 Å². The summed E-state index contributed by atoms with van der Waals surface area (Å²) >= 11 is 1.23. The molecule has 1 aromatic heterocycles. The predicted octanol–water partition coefficient (Wildman–Crippen LogP) is 2.15. The molecule has 0 saturated carbocycles. The molecule has 1 aromatic rings. The zero-order valence-electron chi connectivity index (χ0n) is 11.9. The van der Waals surface area contributed by atoms with Gasteiger partial charge in [-0.15, -0.1) is 10.2 Å². The zero-order valence-corrected chi connectivity index (χ0v) is 12.7. The second-order valence-corrected chi connectivity index (χ2v) is 5.83. The summed E-state index contributed by atoms with van der Waals surface area (Å²) in [6.45, 7) is 5.79. The monoisotopic (exact) mass is 299 g/mol. The lowest BCUT2D eigenvalue weighted by molar-refractivity contribution is -0.133. The third kappa shape index (κ3) is 3.32. The Bertz CT molecular complexity index is 464. The average Bonchev–Trinajstić information content (AvgIpc) is 3.02. The van der Waals surface area contributed by atoms with E-state index in [1.54, 1.807) is 0 Å². The summed E-state index contributed by atoms with van der Waals surface area (Å²) in [7, 11) is 0. The number of thioether (sulfide) groups is 1. The molecule has 2 unspecified atom stereocenters. The van der Waals surface area contributed by atoms with Gasteiger partial charge in [-0.1, -0.05) is 25.6 Å². The molecule has 112 valence electrons. The molecule has 2 rings (SSSR count). The van der Waals surface area contributed by atoms with Crippen molar-refractivity contribution in [1.29, 1.82) is 0 Å². The van der Waals surface area contributed by atoms with Gasteiger partial charge in [0.15, 0.2) is 5.16 Å². The fourth-order valence-corrected chi connectivity index (χ4v) is 3.28. The molecule has 0 aliphatic carbocycles. The average molecular weight is 299 g/mol. The first kappa shape index (κ1) is 15.3. The Morgan fingerprint density at radius 3 is 2.95 bits per heavy atom. The number of aliphatic carboxylic acids is 1. The molecule has 2 atom stereocenters. The van der Waals surface area contributed by atoms with Gasteiger partial charge in [0, 0.05) is 19.1 Å². The molecule has 1 N–H and O–H groups in total. The fourth-order valence-electron chi connectivity index (χ4n) is 2.59. The van der Waals surface area contributed by atoms with E-state index in [2.05, 4.69) is 28.6 Å². The van der Waals surface area contributed by atoms with E-state index in [-0.39, 0.29) is 17.8 Å². The largest absolute Gasteiger partial charge is 0.481 e. The Morgan fingerprint density at radius 1 is 1.50 bits per heavy atom. The second kappa shape index (κ2) is 7.08. The number of carbonyl (C=O) groups is 1. The lowest BCUT2D eigenvalue weighted by Crippen LogP contribution is -2.18. The van der Waals surface area contributed by atoms with Gasteiger partial charge in [-0.2, -0.15) is 0 Å². The van der Waals surface area contributed by atoms with E-state index in [1.807, 2.05) is 0 Å². The third-order valence-corrected chi connectivity index (χ3v) is 4.41. The summed E-state index contributed by atoms with van der Waals surface area (Å²) in [5.74, 6) is 0.404. The van der Waals surface area contributed by atoms with Gasteiger partial charge in [0.05, 0.1) is 11.9 Å². The summed E-state index contributed by atoms with van der Waals surface area (Å²) in [6, 6.07) is 0. The molecule has 6 nitrogen and oxygen atoms in total. The third-order valence-electron chi connectivity index (χ3n) is 3.46. The highest BCUT2D eigenvalue weighted by Crippen LogP contribution is 2.33. The Morgan fingerprint density at radius 2 is 2.30 bits per heavy atom. The molecule has 2 heterocycles. The maximum absolute atomic E-state index is 10.7. The maximum Gasteiger partial charge on any atom is 0.313 e. The zero-order chi connectivity index (χ0) is 14.5. The maximum atomic E-state index is 10.7. The molecule has 1 aliphatic heterocycles. The highest BCUT2D eigenvalue weighted by Gasteiger charge is 2.33. The number of carboxylic acids is 1. The molecule has 1 aliphatic rings. The summed E-state index contributed by atoms with van der Waals surface area (Å²) in [4.78, 5) is 10.7. The van der Waals surface area contributed by atoms with Crippen molar-refractivity contribution in [3.05, 3.63) is 5.82 Å². The first-order valence-electron chi connectivity index (χ1n) is 7.06. The Labute approximate surface area is 122 Å². The molecular formula is C13H21N3O3S. The number of aromatic nitrogens is 3. The Kier molecular flexibility index (Phi) is 5.42. The number of rotatable bonds is 7. The van der Waals surface area contributed by atoms with E-state index in [4.69, 9.17) is 9.84 Å². The van der Waals surface area contributed by atoms with Gasteiger partial charge in [-0.3, -0.25) is 4.79 Å². The van der Waals surface area contributed by atoms with Crippen molar-refractivity contribution in [2.24, 2.45) is 0 Å². The second-order valence-electron chi connectivity index (χ2n) is 4.89. The van der Waals surface area contributed by atoms with Crippen LogP contribution in [0, 0.1) is 0 Å². The van der Waals surface area contributed by atoms with Crippen molar-refractivity contribution in [2.75, 3.05) is 12.4 Å². The van der Waals surface area contributed by atoms with E-state index in [9.17, 15) is 4.79 Å². The number of carboxylic acid groups (broad SMARTS) is 1. The van der Waals surface area contributed by atoms with Crippen molar-refractivity contribution >= 4 is 17.7 Å². The normalized spacial score (nSPS) is 22.3. The van der Waals surface area contributed by atoms with Crippen LogP contribution >= 0.6 is 11.8 Å². The van der Waals surface area contributed by atoms with E-state index >= 15 is 0 Å². The highest BCUT2D eigenvalue weighted by atomic mass is 32.2. The smallest absolute Gasteiger partial charge is 0.313 e. The Hall–Kier alpha value is -1.08. The first-order valence-corrected chi connectivity index (χ1v) is 8.05. The predicted molar refractivity (Wildman–Crippen MR) is 76.1 cm³/mol. The molecule has 0 radical (unpaired) electrons. The van der Waals surface area contributed by atoms with Crippen molar-refractivity contribution in [1.82, 2.24) is 14.8 Å². The molecule has 0 aromatic carbocycles. The van der Waals surface area contributed by atoms with Gasteiger partial charge in [0.2, 0.25) is 0 Å². The summed E-state index contributed by atoms with van der Waals surface area (Å²) < 4.78 is 7.79. The van der Waals surface area contributed by atoms with Crippen LogP contribution in [0.1, 0.15) is 44.9 Å². The van der Waals surface area contributed by atoms with Crippen molar-refractivity contribution in [2.45, 2.75) is 56.8 Å². The molecule has 0 spiro atoms. The lowest BCUT2D eigenvalue weighted by Gasteiger charge is -2.17. The molecule has 0 amide bonds. The molecule has 7 heteroatoms. The van der Waals surface area contributed by atoms with Crippen LogP contribution in [-0.4, -0.2) is 44.3 Å². The number of hydrogen-bond acceptors (Lipinski definition) is 5. The lowest BCUT2D eigenvalue weighted by atomic mass is 9.99. The van der Waals surface area contributed by atoms with Crippen LogP contribution in [0.25, 0.3) is 0 Å². The van der Waals surface area contributed by atoms with Crippen molar-refractivity contribution in [3.63, 3.8) is 0 Å². The SMILES string of the molecule is CCCn1c(SCC(=O)O)nnc1C1CCOC1CC. The van der Waals surface area contributed by atoms with Crippen LogP contribution in [0.2, 0.25) is 0 Å². The van der Waals surface area contributed by atoms with Gasteiger partial charge in [0.1, 0.15) is 5.82 Å². The number of hydrogen-bond donors (Lipinski definition) is 1. The quantitative estimate of drug-likeness (QED) is 0.777. The van der Waals surface area contributed by atoms with Gasteiger partial charge in [-0.25, -0.2) is 0 Å². The van der Waals surface area contributed by atoms with Gasteiger partial charge >= 0.3 is 5.97 Å². The summed E-state index contributed by atoms with van der Waals surface area (Å²) in [5, 5.41) is 18.0. The van der Waals surface area contributed by atoms with Crippen molar-refractivity contribution in [3.8, 4) is 0 Å². The summed E-state index contributed by atoms with van der Waals surface area (Å²) in [5.41, 5.74) is 0. The molecule has 1 fully saturated rings. The van der Waals surface area contributed by atoms with Gasteiger partial charge < -0.3 is 14.4 Å². The Balaban J connectivity index is 2.21. The minimum absolute atomic E-state index is 0.0141. The topological polar surface area (TPSA) is 77.2 Å². The van der Waals surface area contributed by atoms with Crippen LogP contribution in [0.5, 0.6) is 0 Å². The van der Waals surface area contributed by atoms with Crippen LogP contribution in [0.4, 0.5) is 0 Å². The minimum atomic E-state index is -0.835. The molecule has 0 bridgehead atoms. The van der Waals surface area contributed by atoms with E-state index in [0.29, 0.717) is 5.16 Å². The van der Waals surface area contributed by atoms with Gasteiger partial charge in [-0.05, 0) is 19.3 Å². The van der Waals surface area contributed by atoms with Crippen LogP contribution < -0.4 is 0 Å². The molecule has 1 saturated heterocycles.